The molecule has 0 radical (unpaired) electrons. The number of hydrogen-bond acceptors (Lipinski definition) is 4. The zero-order valence-electron chi connectivity index (χ0n) is 9.16. The lowest BCUT2D eigenvalue weighted by Gasteiger charge is -2.53. The van der Waals surface area contributed by atoms with E-state index in [2.05, 4.69) is 22.4 Å². The highest BCUT2D eigenvalue weighted by Gasteiger charge is 2.46. The van der Waals surface area contributed by atoms with Crippen LogP contribution in [0.25, 0.3) is 0 Å². The molecule has 2 aliphatic rings. The van der Waals surface area contributed by atoms with Crippen LogP contribution in [-0.2, 0) is 4.74 Å². The first-order chi connectivity index (χ1) is 6.78. The topological polar surface area (TPSA) is 15.7 Å². The van der Waals surface area contributed by atoms with Crippen LogP contribution in [0.3, 0.4) is 0 Å². The lowest BCUT2D eigenvalue weighted by atomic mass is 9.94. The Morgan fingerprint density at radius 1 is 1.36 bits per heavy atom. The first-order valence-corrected chi connectivity index (χ1v) is 6.61. The Balaban J connectivity index is 1.83. The van der Waals surface area contributed by atoms with Gasteiger partial charge in [-0.25, -0.2) is 4.31 Å². The summed E-state index contributed by atoms with van der Waals surface area (Å²) in [5.41, 5.74) is 0.177. The van der Waals surface area contributed by atoms with Gasteiger partial charge in [-0.1, -0.05) is 18.9 Å². The van der Waals surface area contributed by atoms with Gasteiger partial charge in [-0.15, -0.1) is 0 Å². The molecule has 0 aliphatic carbocycles. The summed E-state index contributed by atoms with van der Waals surface area (Å²) < 4.78 is 8.28. The minimum Gasteiger partial charge on any atom is -0.370 e. The molecule has 2 aliphatic heterocycles. The number of nitrogens with zero attached hydrogens (tertiary/aromatic N) is 2. The zero-order chi connectivity index (χ0) is 10.0. The Bertz CT molecular complexity index is 193. The first kappa shape index (κ1) is 10.7. The molecule has 4 heteroatoms. The van der Waals surface area contributed by atoms with Crippen molar-refractivity contribution in [2.24, 2.45) is 0 Å². The second-order valence-corrected chi connectivity index (χ2v) is 5.17. The Labute approximate surface area is 90.9 Å². The van der Waals surface area contributed by atoms with Crippen molar-refractivity contribution in [3.8, 4) is 0 Å². The quantitative estimate of drug-likeness (QED) is 0.655. The van der Waals surface area contributed by atoms with Crippen LogP contribution in [0.15, 0.2) is 0 Å². The molecule has 82 valence electrons. The van der Waals surface area contributed by atoms with E-state index in [1.165, 1.54) is 13.0 Å². The molecule has 14 heavy (non-hydrogen) atoms. The molecule has 3 nitrogen and oxygen atoms in total. The molecule has 0 aromatic heterocycles. The molecule has 2 fully saturated rings. The number of morpholine rings is 1. The normalized spacial score (nSPS) is 27.9. The van der Waals surface area contributed by atoms with E-state index in [9.17, 15) is 0 Å². The lowest BCUT2D eigenvalue weighted by molar-refractivity contribution is -0.159. The van der Waals surface area contributed by atoms with Gasteiger partial charge in [0, 0.05) is 26.2 Å². The summed E-state index contributed by atoms with van der Waals surface area (Å²) in [4.78, 5) is 2.54. The molecule has 0 saturated carbocycles. The van der Waals surface area contributed by atoms with Crippen LogP contribution in [0.5, 0.6) is 0 Å². The SMILES string of the molecule is CCCN1CCOC2(C1)CN(SC)C2. The van der Waals surface area contributed by atoms with Crippen molar-refractivity contribution in [2.75, 3.05) is 45.6 Å². The van der Waals surface area contributed by atoms with Crippen molar-refractivity contribution in [2.45, 2.75) is 18.9 Å². The van der Waals surface area contributed by atoms with Gasteiger partial charge >= 0.3 is 0 Å². The predicted molar refractivity (Wildman–Crippen MR) is 60.5 cm³/mol. The third kappa shape index (κ3) is 2.08. The molecular formula is C10H20N2OS. The molecule has 2 rings (SSSR count). The minimum atomic E-state index is 0.177. The summed E-state index contributed by atoms with van der Waals surface area (Å²) in [6, 6.07) is 0. The molecule has 0 amide bonds. The fraction of sp³-hybridized carbons (Fsp3) is 1.00. The van der Waals surface area contributed by atoms with Gasteiger partial charge in [-0.05, 0) is 19.2 Å². The summed E-state index contributed by atoms with van der Waals surface area (Å²) in [5, 5.41) is 0. The van der Waals surface area contributed by atoms with Crippen LogP contribution >= 0.6 is 11.9 Å². The molecule has 2 saturated heterocycles. The monoisotopic (exact) mass is 216 g/mol. The summed E-state index contributed by atoms with van der Waals surface area (Å²) in [5.74, 6) is 0. The maximum Gasteiger partial charge on any atom is 0.108 e. The standard InChI is InChI=1S/C10H20N2OS/c1-3-4-11-5-6-13-10(7-11)8-12(9-10)14-2/h3-9H2,1-2H3. The molecule has 2 heterocycles. The molecular weight excluding hydrogens is 196 g/mol. The number of ether oxygens (including phenoxy) is 1. The maximum atomic E-state index is 5.91. The summed E-state index contributed by atoms with van der Waals surface area (Å²) in [6.45, 7) is 8.86. The van der Waals surface area contributed by atoms with Crippen molar-refractivity contribution in [1.29, 1.82) is 0 Å². The van der Waals surface area contributed by atoms with Gasteiger partial charge in [-0.3, -0.25) is 4.90 Å². The van der Waals surface area contributed by atoms with E-state index in [0.717, 1.165) is 32.8 Å². The third-order valence-corrected chi connectivity index (χ3v) is 3.83. The van der Waals surface area contributed by atoms with Crippen LogP contribution in [0.2, 0.25) is 0 Å². The van der Waals surface area contributed by atoms with E-state index in [1.807, 2.05) is 11.9 Å². The van der Waals surface area contributed by atoms with Crippen molar-refractivity contribution in [3.05, 3.63) is 0 Å². The van der Waals surface area contributed by atoms with Gasteiger partial charge in [0.2, 0.25) is 0 Å². The fourth-order valence-corrected chi connectivity index (χ4v) is 3.08. The minimum absolute atomic E-state index is 0.177. The molecule has 0 atom stereocenters. The van der Waals surface area contributed by atoms with Gasteiger partial charge in [0.25, 0.3) is 0 Å². The van der Waals surface area contributed by atoms with E-state index in [4.69, 9.17) is 4.74 Å². The Morgan fingerprint density at radius 3 is 2.79 bits per heavy atom. The average Bonchev–Trinajstić information content (AvgIpc) is 2.15. The smallest absolute Gasteiger partial charge is 0.108 e. The van der Waals surface area contributed by atoms with E-state index in [0.29, 0.717) is 0 Å². The third-order valence-electron chi connectivity index (χ3n) is 3.05. The second-order valence-electron chi connectivity index (χ2n) is 4.29. The summed E-state index contributed by atoms with van der Waals surface area (Å²) in [7, 11) is 0. The van der Waals surface area contributed by atoms with Crippen molar-refractivity contribution in [3.63, 3.8) is 0 Å². The van der Waals surface area contributed by atoms with E-state index in [-0.39, 0.29) is 5.60 Å². The Kier molecular flexibility index (Phi) is 3.37. The summed E-state index contributed by atoms with van der Waals surface area (Å²) >= 11 is 1.83. The van der Waals surface area contributed by atoms with Crippen LogP contribution in [0, 0.1) is 0 Å². The van der Waals surface area contributed by atoms with Crippen LogP contribution in [-0.4, -0.2) is 60.4 Å². The highest BCUT2D eigenvalue weighted by atomic mass is 32.2. The molecule has 0 bridgehead atoms. The van der Waals surface area contributed by atoms with E-state index < -0.39 is 0 Å². The van der Waals surface area contributed by atoms with Gasteiger partial charge in [0.1, 0.15) is 5.60 Å². The maximum absolute atomic E-state index is 5.91. The van der Waals surface area contributed by atoms with Crippen molar-refractivity contribution < 1.29 is 4.74 Å². The van der Waals surface area contributed by atoms with E-state index >= 15 is 0 Å². The zero-order valence-corrected chi connectivity index (χ0v) is 9.98. The van der Waals surface area contributed by atoms with Crippen LogP contribution < -0.4 is 0 Å². The fourth-order valence-electron chi connectivity index (χ4n) is 2.35. The van der Waals surface area contributed by atoms with Crippen LogP contribution in [0.1, 0.15) is 13.3 Å². The van der Waals surface area contributed by atoms with E-state index in [1.54, 1.807) is 0 Å². The molecule has 0 unspecified atom stereocenters. The molecule has 0 aromatic carbocycles. The Morgan fingerprint density at radius 2 is 2.14 bits per heavy atom. The van der Waals surface area contributed by atoms with Gasteiger partial charge in [0.05, 0.1) is 6.61 Å². The Hall–Kier alpha value is 0.230. The number of hydrogen-bond donors (Lipinski definition) is 0. The van der Waals surface area contributed by atoms with Crippen LogP contribution in [0.4, 0.5) is 0 Å². The predicted octanol–water partition coefficient (Wildman–Crippen LogP) is 1.06. The number of rotatable bonds is 3. The lowest BCUT2D eigenvalue weighted by Crippen LogP contribution is -2.68. The second kappa shape index (κ2) is 4.39. The molecule has 1 spiro atoms. The average molecular weight is 216 g/mol. The largest absolute Gasteiger partial charge is 0.370 e. The molecule has 0 aromatic rings. The highest BCUT2D eigenvalue weighted by molar-refractivity contribution is 7.96. The summed E-state index contributed by atoms with van der Waals surface area (Å²) in [6.07, 6.45) is 3.39. The molecule has 0 N–H and O–H groups in total. The van der Waals surface area contributed by atoms with Gasteiger partial charge < -0.3 is 4.74 Å². The highest BCUT2D eigenvalue weighted by Crippen LogP contribution is 2.32. The van der Waals surface area contributed by atoms with Gasteiger partial charge in [0.15, 0.2) is 0 Å². The van der Waals surface area contributed by atoms with Crippen molar-refractivity contribution >= 4 is 11.9 Å². The van der Waals surface area contributed by atoms with Crippen molar-refractivity contribution in [1.82, 2.24) is 9.21 Å². The first-order valence-electron chi connectivity index (χ1n) is 5.43. The van der Waals surface area contributed by atoms with Gasteiger partial charge in [-0.2, -0.15) is 0 Å².